The molecule has 0 aliphatic heterocycles. The molecular weight excluding hydrogens is 390 g/mol. The van der Waals surface area contributed by atoms with Crippen LogP contribution >= 0.6 is 0 Å². The van der Waals surface area contributed by atoms with Crippen molar-refractivity contribution in [1.29, 1.82) is 0 Å². The van der Waals surface area contributed by atoms with Gasteiger partial charge in [-0.1, -0.05) is 12.1 Å². The number of nitro groups is 1. The molecule has 29 heavy (non-hydrogen) atoms. The number of halogens is 2. The first-order valence-electron chi connectivity index (χ1n) is 8.16. The highest BCUT2D eigenvalue weighted by molar-refractivity contribution is 6.02. The molecule has 0 saturated carbocycles. The zero-order valence-electron chi connectivity index (χ0n) is 14.9. The smallest absolute Gasteiger partial charge is 0.433 e. The Morgan fingerprint density at radius 3 is 2.45 bits per heavy atom. The van der Waals surface area contributed by atoms with E-state index in [-0.39, 0.29) is 17.2 Å². The molecule has 1 N–H and O–H groups in total. The third-order valence-corrected chi connectivity index (χ3v) is 3.85. The summed E-state index contributed by atoms with van der Waals surface area (Å²) in [5.41, 5.74) is 1.10. The van der Waals surface area contributed by atoms with Gasteiger partial charge >= 0.3 is 12.5 Å². The minimum Gasteiger partial charge on any atom is -0.497 e. The third kappa shape index (κ3) is 4.67. The molecule has 0 fully saturated rings. The van der Waals surface area contributed by atoms with E-state index in [0.29, 0.717) is 16.9 Å². The number of alkyl halides is 2. The summed E-state index contributed by atoms with van der Waals surface area (Å²) in [6.07, 6.45) is 0. The van der Waals surface area contributed by atoms with E-state index in [1.165, 1.54) is 25.3 Å². The largest absolute Gasteiger partial charge is 0.497 e. The number of nitrogens with zero attached hydrogens (tertiary/aromatic N) is 1. The number of hydrogen-bond donors (Lipinski definition) is 1. The van der Waals surface area contributed by atoms with E-state index < -0.39 is 23.3 Å². The van der Waals surface area contributed by atoms with Gasteiger partial charge in [-0.3, -0.25) is 14.9 Å². The lowest BCUT2D eigenvalue weighted by Crippen LogP contribution is -2.11. The molecule has 0 saturated heterocycles. The van der Waals surface area contributed by atoms with Crippen molar-refractivity contribution in [2.75, 3.05) is 12.4 Å². The molecule has 0 atom stereocenters. The first kappa shape index (κ1) is 19.8. The van der Waals surface area contributed by atoms with Crippen LogP contribution < -0.4 is 14.8 Å². The molecule has 1 amide bonds. The molecule has 0 radical (unpaired) electrons. The third-order valence-electron chi connectivity index (χ3n) is 3.85. The van der Waals surface area contributed by atoms with Crippen LogP contribution in [-0.4, -0.2) is 24.6 Å². The number of benzene rings is 2. The summed E-state index contributed by atoms with van der Waals surface area (Å²) < 4.78 is 40.0. The number of nitrogens with one attached hydrogen (secondary N) is 1. The van der Waals surface area contributed by atoms with Gasteiger partial charge in [-0.25, -0.2) is 0 Å². The molecule has 0 spiro atoms. The maximum atomic E-state index is 12.8. The van der Waals surface area contributed by atoms with Crippen LogP contribution in [0.1, 0.15) is 10.6 Å². The fourth-order valence-corrected chi connectivity index (χ4v) is 2.54. The van der Waals surface area contributed by atoms with Gasteiger partial charge in [0.05, 0.1) is 13.2 Å². The van der Waals surface area contributed by atoms with Gasteiger partial charge in [-0.15, -0.1) is 0 Å². The number of carbonyl (C=O) groups excluding carboxylic acids is 1. The summed E-state index contributed by atoms with van der Waals surface area (Å²) in [7, 11) is 1.50. The van der Waals surface area contributed by atoms with Gasteiger partial charge in [0.25, 0.3) is 5.91 Å². The van der Waals surface area contributed by atoms with Crippen LogP contribution in [0.2, 0.25) is 0 Å². The lowest BCUT2D eigenvalue weighted by molar-refractivity contribution is -0.402. The average molecular weight is 404 g/mol. The Hall–Kier alpha value is -3.95. The summed E-state index contributed by atoms with van der Waals surface area (Å²) in [6, 6.07) is 12.9. The van der Waals surface area contributed by atoms with Gasteiger partial charge in [0.2, 0.25) is 0 Å². The Labute approximate surface area is 162 Å². The predicted octanol–water partition coefficient (Wildman–Crippen LogP) is 4.72. The molecule has 0 unspecified atom stereocenters. The van der Waals surface area contributed by atoms with Crippen LogP contribution in [-0.2, 0) is 0 Å². The minimum atomic E-state index is -3.03. The molecule has 150 valence electrons. The number of methoxy groups -OCH3 is 1. The Morgan fingerprint density at radius 1 is 1.14 bits per heavy atom. The molecule has 0 aliphatic rings. The second-order valence-electron chi connectivity index (χ2n) is 5.67. The number of anilines is 1. The van der Waals surface area contributed by atoms with E-state index in [4.69, 9.17) is 9.15 Å². The second-order valence-corrected chi connectivity index (χ2v) is 5.67. The Balaban J connectivity index is 1.90. The Morgan fingerprint density at radius 2 is 1.86 bits per heavy atom. The fraction of sp³-hybridized carbons (Fsp3) is 0.105. The number of ether oxygens (including phenoxy) is 2. The summed E-state index contributed by atoms with van der Waals surface area (Å²) in [4.78, 5) is 22.1. The van der Waals surface area contributed by atoms with E-state index in [9.17, 15) is 23.7 Å². The van der Waals surface area contributed by atoms with Crippen LogP contribution in [0.25, 0.3) is 11.1 Å². The van der Waals surface area contributed by atoms with Crippen molar-refractivity contribution in [3.8, 4) is 22.6 Å². The SMILES string of the molecule is COc1ccc(-c2cc(NC(=O)c3ccc([N+](=O)[O-])o3)ccc2OC(F)F)cc1. The molecular formula is C19H14F2N2O6. The molecule has 1 aromatic heterocycles. The van der Waals surface area contributed by atoms with Crippen molar-refractivity contribution in [1.82, 2.24) is 0 Å². The van der Waals surface area contributed by atoms with E-state index in [2.05, 4.69) is 10.1 Å². The van der Waals surface area contributed by atoms with Gasteiger partial charge in [0.1, 0.15) is 16.4 Å². The first-order valence-corrected chi connectivity index (χ1v) is 8.16. The minimum absolute atomic E-state index is 0.0863. The molecule has 3 rings (SSSR count). The zero-order valence-corrected chi connectivity index (χ0v) is 14.9. The Kier molecular flexibility index (Phi) is 5.72. The maximum absolute atomic E-state index is 12.8. The predicted molar refractivity (Wildman–Crippen MR) is 98.4 cm³/mol. The highest BCUT2D eigenvalue weighted by atomic mass is 19.3. The highest BCUT2D eigenvalue weighted by Crippen LogP contribution is 2.34. The fourth-order valence-electron chi connectivity index (χ4n) is 2.54. The highest BCUT2D eigenvalue weighted by Gasteiger charge is 2.18. The number of amides is 1. The number of rotatable bonds is 7. The van der Waals surface area contributed by atoms with Crippen LogP contribution in [0, 0.1) is 10.1 Å². The topological polar surface area (TPSA) is 104 Å². The molecule has 8 nitrogen and oxygen atoms in total. The van der Waals surface area contributed by atoms with Crippen molar-refractivity contribution in [3.05, 3.63) is 70.5 Å². The molecule has 0 aliphatic carbocycles. The van der Waals surface area contributed by atoms with Gasteiger partial charge < -0.3 is 19.2 Å². The summed E-state index contributed by atoms with van der Waals surface area (Å²) in [6.45, 7) is -3.03. The molecule has 2 aromatic carbocycles. The van der Waals surface area contributed by atoms with Crippen molar-refractivity contribution in [3.63, 3.8) is 0 Å². The summed E-state index contributed by atoms with van der Waals surface area (Å²) >= 11 is 0. The van der Waals surface area contributed by atoms with Gasteiger partial charge in [0, 0.05) is 11.3 Å². The van der Waals surface area contributed by atoms with Crippen LogP contribution in [0.4, 0.5) is 20.4 Å². The van der Waals surface area contributed by atoms with Crippen molar-refractivity contribution in [2.24, 2.45) is 0 Å². The zero-order chi connectivity index (χ0) is 21.0. The van der Waals surface area contributed by atoms with Crippen LogP contribution in [0.3, 0.4) is 0 Å². The number of furan rings is 1. The summed E-state index contributed by atoms with van der Waals surface area (Å²) in [5, 5.41) is 13.2. The monoisotopic (exact) mass is 404 g/mol. The quantitative estimate of drug-likeness (QED) is 0.452. The molecule has 3 aromatic rings. The van der Waals surface area contributed by atoms with Crippen molar-refractivity contribution < 1.29 is 32.4 Å². The number of hydrogen-bond acceptors (Lipinski definition) is 6. The van der Waals surface area contributed by atoms with Crippen molar-refractivity contribution >= 4 is 17.5 Å². The average Bonchev–Trinajstić information content (AvgIpc) is 3.20. The first-order chi connectivity index (χ1) is 13.9. The maximum Gasteiger partial charge on any atom is 0.433 e. The lowest BCUT2D eigenvalue weighted by atomic mass is 10.0. The number of carbonyl (C=O) groups is 1. The summed E-state index contributed by atoms with van der Waals surface area (Å²) in [5.74, 6) is -1.09. The van der Waals surface area contributed by atoms with E-state index in [1.807, 2.05) is 0 Å². The molecule has 0 bridgehead atoms. The molecule has 10 heteroatoms. The van der Waals surface area contributed by atoms with E-state index in [0.717, 1.165) is 12.1 Å². The van der Waals surface area contributed by atoms with Crippen LogP contribution in [0.5, 0.6) is 11.5 Å². The van der Waals surface area contributed by atoms with Gasteiger partial charge in [-0.05, 0) is 42.0 Å². The van der Waals surface area contributed by atoms with Gasteiger partial charge in [0.15, 0.2) is 5.76 Å². The van der Waals surface area contributed by atoms with Gasteiger partial charge in [-0.2, -0.15) is 8.78 Å². The molecule has 1 heterocycles. The van der Waals surface area contributed by atoms with E-state index >= 15 is 0 Å². The standard InChI is InChI=1S/C19H14F2N2O6/c1-27-13-5-2-11(3-6-13)14-10-12(4-7-15(14)29-19(20)21)22-18(24)16-8-9-17(28-16)23(25)26/h2-10,19H,1H3,(H,22,24). The van der Waals surface area contributed by atoms with Crippen molar-refractivity contribution in [2.45, 2.75) is 6.61 Å². The van der Waals surface area contributed by atoms with Crippen LogP contribution in [0.15, 0.2) is 59.0 Å². The van der Waals surface area contributed by atoms with E-state index in [1.54, 1.807) is 24.3 Å². The second kappa shape index (κ2) is 8.38. The normalized spacial score (nSPS) is 10.6. The Bertz CT molecular complexity index is 1030. The lowest BCUT2D eigenvalue weighted by Gasteiger charge is -2.13.